The fourth-order valence-electron chi connectivity index (χ4n) is 9.53. The van der Waals surface area contributed by atoms with Crippen LogP contribution in [0, 0.1) is 0 Å². The molecule has 0 atom stereocenters. The normalized spacial score (nSPS) is 13.1. The molecule has 1 aliphatic heterocycles. The Balaban J connectivity index is 1.24. The first-order valence-electron chi connectivity index (χ1n) is 19.4. The molecule has 0 fully saturated rings. The zero-order chi connectivity index (χ0) is 37.5. The number of fused-ring (bicyclic) bond motifs is 9. The molecule has 0 N–H and O–H groups in total. The average molecular weight is 744 g/mol. The maximum atomic E-state index is 6.52. The third-order valence-electron chi connectivity index (χ3n) is 11.9. The van der Waals surface area contributed by atoms with Crippen molar-refractivity contribution in [2.24, 2.45) is 0 Å². The summed E-state index contributed by atoms with van der Waals surface area (Å²) in [4.78, 5) is 11.3. The van der Waals surface area contributed by atoms with Crippen LogP contribution in [0.5, 0.6) is 0 Å². The SMILES string of the molecule is c1ccc(-c2nc(-c3ccccc3-n3c4ccccc4c4cc5c(cc43)oc3ccccc35)c3c(n2)-c2ccccc2[Si]3(c2ccccc2)c2ccccc2)cc1. The summed E-state index contributed by atoms with van der Waals surface area (Å²) < 4.78 is 8.94. The molecule has 5 heteroatoms. The van der Waals surface area contributed by atoms with Crippen LogP contribution in [-0.2, 0) is 0 Å². The molecule has 266 valence electrons. The Morgan fingerprint density at radius 3 is 1.75 bits per heavy atom. The summed E-state index contributed by atoms with van der Waals surface area (Å²) in [5.74, 6) is 0.714. The molecule has 0 unspecified atom stereocenters. The number of para-hydroxylation sites is 3. The van der Waals surface area contributed by atoms with E-state index in [1.54, 1.807) is 0 Å². The number of aromatic nitrogens is 3. The van der Waals surface area contributed by atoms with E-state index < -0.39 is 8.07 Å². The van der Waals surface area contributed by atoms with Gasteiger partial charge in [0.25, 0.3) is 0 Å². The Morgan fingerprint density at radius 2 is 1.00 bits per heavy atom. The standard InChI is InChI=1S/C52H33N3OSi/c1-4-18-34(19-5-1)52-53-49(51-50(54-52)40-27-13-17-31-48(40)57(51,35-20-6-2-7-21-35)36-22-8-3-9-23-36)39-26-11-15-29-44(39)55-43-28-14-10-24-37(43)41-32-42-38-25-12-16-30-46(38)56-47(42)33-45(41)55/h1-33H. The molecule has 0 radical (unpaired) electrons. The third-order valence-corrected chi connectivity index (χ3v) is 16.8. The first-order chi connectivity index (χ1) is 28.3. The van der Waals surface area contributed by atoms with Gasteiger partial charge < -0.3 is 8.98 Å². The van der Waals surface area contributed by atoms with Gasteiger partial charge in [0, 0.05) is 49.5 Å². The number of benzene rings is 8. The zero-order valence-corrected chi connectivity index (χ0v) is 31.8. The van der Waals surface area contributed by atoms with Gasteiger partial charge >= 0.3 is 0 Å². The Labute approximate surface area is 330 Å². The lowest BCUT2D eigenvalue weighted by Crippen LogP contribution is -2.73. The van der Waals surface area contributed by atoms with Crippen molar-refractivity contribution >= 4 is 72.6 Å². The summed E-state index contributed by atoms with van der Waals surface area (Å²) in [6.07, 6.45) is 0. The van der Waals surface area contributed by atoms with Crippen LogP contribution < -0.4 is 20.7 Å². The predicted molar refractivity (Wildman–Crippen MR) is 237 cm³/mol. The van der Waals surface area contributed by atoms with Crippen molar-refractivity contribution < 1.29 is 4.42 Å². The molecule has 8 aromatic carbocycles. The van der Waals surface area contributed by atoms with E-state index in [-0.39, 0.29) is 0 Å². The second-order valence-electron chi connectivity index (χ2n) is 14.8. The van der Waals surface area contributed by atoms with Crippen molar-refractivity contribution in [1.82, 2.24) is 14.5 Å². The molecule has 0 saturated heterocycles. The van der Waals surface area contributed by atoms with Crippen molar-refractivity contribution in [3.63, 3.8) is 0 Å². The fraction of sp³-hybridized carbons (Fsp3) is 0. The minimum atomic E-state index is -3.00. The molecular weight excluding hydrogens is 711 g/mol. The van der Waals surface area contributed by atoms with E-state index in [0.717, 1.165) is 61.2 Å². The van der Waals surface area contributed by atoms with Gasteiger partial charge in [0.15, 0.2) is 13.9 Å². The van der Waals surface area contributed by atoms with Crippen molar-refractivity contribution in [2.75, 3.05) is 0 Å². The van der Waals surface area contributed by atoms with Gasteiger partial charge in [0.05, 0.1) is 28.1 Å². The number of rotatable bonds is 5. The van der Waals surface area contributed by atoms with E-state index in [0.29, 0.717) is 5.82 Å². The number of hydrogen-bond donors (Lipinski definition) is 0. The highest BCUT2D eigenvalue weighted by atomic mass is 28.3. The third kappa shape index (κ3) is 4.55. The van der Waals surface area contributed by atoms with Crippen molar-refractivity contribution in [3.8, 4) is 39.6 Å². The Hall–Kier alpha value is -7.34. The van der Waals surface area contributed by atoms with Crippen LogP contribution in [0.15, 0.2) is 205 Å². The molecule has 0 aliphatic carbocycles. The number of furan rings is 1. The first kappa shape index (κ1) is 32.0. The monoisotopic (exact) mass is 743 g/mol. The molecule has 57 heavy (non-hydrogen) atoms. The summed E-state index contributed by atoms with van der Waals surface area (Å²) >= 11 is 0. The highest BCUT2D eigenvalue weighted by Crippen LogP contribution is 2.41. The fourth-order valence-corrected chi connectivity index (χ4v) is 14.8. The first-order valence-corrected chi connectivity index (χ1v) is 21.4. The highest BCUT2D eigenvalue weighted by Gasteiger charge is 2.51. The Morgan fingerprint density at radius 1 is 0.421 bits per heavy atom. The molecule has 0 amide bonds. The van der Waals surface area contributed by atoms with Crippen LogP contribution in [0.1, 0.15) is 0 Å². The minimum Gasteiger partial charge on any atom is -0.456 e. The van der Waals surface area contributed by atoms with Crippen LogP contribution >= 0.6 is 0 Å². The maximum Gasteiger partial charge on any atom is 0.185 e. The molecule has 0 saturated carbocycles. The van der Waals surface area contributed by atoms with Crippen LogP contribution in [-0.4, -0.2) is 22.6 Å². The predicted octanol–water partition coefficient (Wildman–Crippen LogP) is 10.2. The molecule has 0 spiro atoms. The van der Waals surface area contributed by atoms with E-state index in [1.807, 2.05) is 12.1 Å². The summed E-state index contributed by atoms with van der Waals surface area (Å²) in [5.41, 5.74) is 10.2. The van der Waals surface area contributed by atoms with Crippen molar-refractivity contribution in [2.45, 2.75) is 0 Å². The second kappa shape index (κ2) is 12.3. The van der Waals surface area contributed by atoms with Gasteiger partial charge in [-0.2, -0.15) is 0 Å². The Bertz CT molecular complexity index is 3310. The molecule has 0 bridgehead atoms. The van der Waals surface area contributed by atoms with E-state index in [9.17, 15) is 0 Å². The lowest BCUT2D eigenvalue weighted by atomic mass is 10.0. The van der Waals surface area contributed by atoms with Gasteiger partial charge in [0.2, 0.25) is 0 Å². The Kier molecular flexibility index (Phi) is 6.91. The van der Waals surface area contributed by atoms with Gasteiger partial charge in [-0.25, -0.2) is 9.97 Å². The summed E-state index contributed by atoms with van der Waals surface area (Å²) in [6.45, 7) is 0. The molecule has 11 aromatic rings. The van der Waals surface area contributed by atoms with E-state index in [2.05, 4.69) is 193 Å². The van der Waals surface area contributed by atoms with Crippen LogP contribution in [0.3, 0.4) is 0 Å². The average Bonchev–Trinajstić information content (AvgIpc) is 3.92. The summed E-state index contributed by atoms with van der Waals surface area (Å²) in [5, 5.41) is 9.78. The maximum absolute atomic E-state index is 6.52. The van der Waals surface area contributed by atoms with Gasteiger partial charge in [-0.05, 0) is 39.8 Å². The van der Waals surface area contributed by atoms with Gasteiger partial charge in [-0.15, -0.1) is 0 Å². The minimum absolute atomic E-state index is 0.714. The largest absolute Gasteiger partial charge is 0.456 e. The van der Waals surface area contributed by atoms with Crippen LogP contribution in [0.2, 0.25) is 0 Å². The quantitative estimate of drug-likeness (QED) is 0.165. The van der Waals surface area contributed by atoms with Gasteiger partial charge in [-0.3, -0.25) is 0 Å². The van der Waals surface area contributed by atoms with Crippen LogP contribution in [0.4, 0.5) is 0 Å². The molecule has 12 rings (SSSR count). The smallest absolute Gasteiger partial charge is 0.185 e. The van der Waals surface area contributed by atoms with Gasteiger partial charge in [0.1, 0.15) is 11.2 Å². The summed E-state index contributed by atoms with van der Waals surface area (Å²) in [7, 11) is -3.00. The molecule has 1 aliphatic rings. The summed E-state index contributed by atoms with van der Waals surface area (Å²) in [6, 6.07) is 71.9. The highest BCUT2D eigenvalue weighted by molar-refractivity contribution is 7.22. The molecule has 4 heterocycles. The van der Waals surface area contributed by atoms with E-state index in [4.69, 9.17) is 14.4 Å². The molecular formula is C52H33N3OSi. The van der Waals surface area contributed by atoms with Crippen LogP contribution in [0.25, 0.3) is 83.3 Å². The topological polar surface area (TPSA) is 43.9 Å². The lowest BCUT2D eigenvalue weighted by molar-refractivity contribution is 0.669. The number of nitrogens with zero attached hydrogens (tertiary/aromatic N) is 3. The number of hydrogen-bond acceptors (Lipinski definition) is 3. The second-order valence-corrected chi connectivity index (χ2v) is 18.5. The zero-order valence-electron chi connectivity index (χ0n) is 30.8. The van der Waals surface area contributed by atoms with Crippen molar-refractivity contribution in [1.29, 1.82) is 0 Å². The lowest BCUT2D eigenvalue weighted by Gasteiger charge is -2.32. The van der Waals surface area contributed by atoms with E-state index in [1.165, 1.54) is 37.1 Å². The molecule has 4 nitrogen and oxygen atoms in total. The van der Waals surface area contributed by atoms with E-state index >= 15 is 0 Å². The van der Waals surface area contributed by atoms with Gasteiger partial charge in [-0.1, -0.05) is 170 Å². The molecule has 3 aromatic heterocycles. The van der Waals surface area contributed by atoms with Crippen molar-refractivity contribution in [3.05, 3.63) is 200 Å².